The lowest BCUT2D eigenvalue weighted by atomic mass is 9.92. The summed E-state index contributed by atoms with van der Waals surface area (Å²) in [6.07, 6.45) is 4.37. The van der Waals surface area contributed by atoms with Gasteiger partial charge in [0.2, 0.25) is 0 Å². The Bertz CT molecular complexity index is 509. The summed E-state index contributed by atoms with van der Waals surface area (Å²) in [7, 11) is 0. The third-order valence-electron chi connectivity index (χ3n) is 4.30. The van der Waals surface area contributed by atoms with E-state index in [0.29, 0.717) is 26.3 Å². The lowest BCUT2D eigenvalue weighted by molar-refractivity contribution is -0.142. The molecular formula is C17H23NO3. The van der Waals surface area contributed by atoms with Crippen LogP contribution in [0.3, 0.4) is 0 Å². The fraction of sp³-hybridized carbons (Fsp3) is 0.588. The zero-order valence-corrected chi connectivity index (χ0v) is 12.6. The van der Waals surface area contributed by atoms with Crippen LogP contribution in [0.2, 0.25) is 0 Å². The highest BCUT2D eigenvalue weighted by Gasteiger charge is 2.24. The Morgan fingerprint density at radius 3 is 2.67 bits per heavy atom. The van der Waals surface area contributed by atoms with Crippen LogP contribution in [0.15, 0.2) is 18.2 Å². The van der Waals surface area contributed by atoms with Gasteiger partial charge in [0.15, 0.2) is 6.10 Å². The van der Waals surface area contributed by atoms with Crippen LogP contribution < -0.4 is 4.74 Å². The zero-order chi connectivity index (χ0) is 14.7. The Kier molecular flexibility index (Phi) is 4.44. The normalized spacial score (nSPS) is 19.8. The van der Waals surface area contributed by atoms with Crippen LogP contribution in [0.4, 0.5) is 0 Å². The lowest BCUT2D eigenvalue weighted by Gasteiger charge is -2.29. The molecule has 0 saturated carbocycles. The van der Waals surface area contributed by atoms with E-state index in [1.807, 2.05) is 17.9 Å². The molecule has 1 heterocycles. The molecule has 1 atom stereocenters. The SMILES string of the molecule is C[C@H](Oc1ccc2c(c1)CCCC2)C(=O)N1CCOCC1. The molecular weight excluding hydrogens is 266 g/mol. The molecule has 1 aromatic rings. The van der Waals surface area contributed by atoms with Crippen LogP contribution in [0.25, 0.3) is 0 Å². The zero-order valence-electron chi connectivity index (χ0n) is 12.6. The van der Waals surface area contributed by atoms with Crippen LogP contribution in [-0.4, -0.2) is 43.2 Å². The topological polar surface area (TPSA) is 38.8 Å². The van der Waals surface area contributed by atoms with Crippen molar-refractivity contribution in [2.45, 2.75) is 38.7 Å². The molecule has 0 N–H and O–H groups in total. The number of fused-ring (bicyclic) bond motifs is 1. The largest absolute Gasteiger partial charge is 0.481 e. The van der Waals surface area contributed by atoms with E-state index < -0.39 is 6.10 Å². The summed E-state index contributed by atoms with van der Waals surface area (Å²) in [5, 5.41) is 0. The molecule has 0 aromatic heterocycles. The first kappa shape index (κ1) is 14.4. The van der Waals surface area contributed by atoms with Crippen molar-refractivity contribution in [3.63, 3.8) is 0 Å². The first-order chi connectivity index (χ1) is 10.2. The minimum absolute atomic E-state index is 0.0519. The predicted octanol–water partition coefficient (Wildman–Crippen LogP) is 2.19. The average molecular weight is 289 g/mol. The second-order valence-corrected chi connectivity index (χ2v) is 5.84. The number of ether oxygens (including phenoxy) is 2. The minimum Gasteiger partial charge on any atom is -0.481 e. The molecule has 0 unspecified atom stereocenters. The summed E-state index contributed by atoms with van der Waals surface area (Å²) in [6, 6.07) is 6.25. The van der Waals surface area contributed by atoms with E-state index in [1.165, 1.54) is 24.0 Å². The summed E-state index contributed by atoms with van der Waals surface area (Å²) < 4.78 is 11.1. The van der Waals surface area contributed by atoms with Crippen LogP contribution >= 0.6 is 0 Å². The number of carbonyl (C=O) groups excluding carboxylic acids is 1. The highest BCUT2D eigenvalue weighted by atomic mass is 16.5. The molecule has 1 saturated heterocycles. The fourth-order valence-corrected chi connectivity index (χ4v) is 3.08. The number of rotatable bonds is 3. The first-order valence-corrected chi connectivity index (χ1v) is 7.89. The fourth-order valence-electron chi connectivity index (χ4n) is 3.08. The van der Waals surface area contributed by atoms with Crippen LogP contribution in [0.5, 0.6) is 5.75 Å². The van der Waals surface area contributed by atoms with Crippen LogP contribution in [0, 0.1) is 0 Å². The third-order valence-corrected chi connectivity index (χ3v) is 4.30. The number of amides is 1. The van der Waals surface area contributed by atoms with Crippen molar-refractivity contribution in [1.82, 2.24) is 4.90 Å². The monoisotopic (exact) mass is 289 g/mol. The summed E-state index contributed by atoms with van der Waals surface area (Å²) in [6.45, 7) is 4.40. The van der Waals surface area contributed by atoms with Gasteiger partial charge in [0.25, 0.3) is 5.91 Å². The molecule has 114 valence electrons. The van der Waals surface area contributed by atoms with Crippen molar-refractivity contribution in [2.24, 2.45) is 0 Å². The van der Waals surface area contributed by atoms with Crippen molar-refractivity contribution >= 4 is 5.91 Å². The van der Waals surface area contributed by atoms with Gasteiger partial charge in [-0.2, -0.15) is 0 Å². The van der Waals surface area contributed by atoms with E-state index in [2.05, 4.69) is 12.1 Å². The number of morpholine rings is 1. The number of hydrogen-bond donors (Lipinski definition) is 0. The molecule has 1 fully saturated rings. The second kappa shape index (κ2) is 6.48. The summed E-state index contributed by atoms with van der Waals surface area (Å²) in [5.74, 6) is 0.862. The lowest BCUT2D eigenvalue weighted by Crippen LogP contribution is -2.46. The van der Waals surface area contributed by atoms with E-state index in [4.69, 9.17) is 9.47 Å². The molecule has 0 radical (unpaired) electrons. The van der Waals surface area contributed by atoms with E-state index >= 15 is 0 Å². The highest BCUT2D eigenvalue weighted by molar-refractivity contribution is 5.81. The van der Waals surface area contributed by atoms with Crippen molar-refractivity contribution in [2.75, 3.05) is 26.3 Å². The van der Waals surface area contributed by atoms with Crippen LogP contribution in [-0.2, 0) is 22.4 Å². The van der Waals surface area contributed by atoms with Gasteiger partial charge in [0.05, 0.1) is 13.2 Å². The smallest absolute Gasteiger partial charge is 0.263 e. The van der Waals surface area contributed by atoms with Gasteiger partial charge < -0.3 is 14.4 Å². The number of benzene rings is 1. The Hall–Kier alpha value is -1.55. The van der Waals surface area contributed by atoms with E-state index in [-0.39, 0.29) is 5.91 Å². The van der Waals surface area contributed by atoms with Gasteiger partial charge in [0, 0.05) is 13.1 Å². The Balaban J connectivity index is 1.63. The van der Waals surface area contributed by atoms with Crippen molar-refractivity contribution in [3.05, 3.63) is 29.3 Å². The Labute approximate surface area is 126 Å². The molecule has 4 nitrogen and oxygen atoms in total. The van der Waals surface area contributed by atoms with Crippen molar-refractivity contribution < 1.29 is 14.3 Å². The van der Waals surface area contributed by atoms with E-state index in [9.17, 15) is 4.79 Å². The standard InChI is InChI=1S/C17H23NO3/c1-13(17(19)18-8-10-20-11-9-18)21-16-7-6-14-4-2-3-5-15(14)12-16/h6-7,12-13H,2-5,8-11H2,1H3/t13-/m0/s1. The molecule has 2 aliphatic rings. The average Bonchev–Trinajstić information content (AvgIpc) is 2.55. The minimum atomic E-state index is -0.440. The second-order valence-electron chi connectivity index (χ2n) is 5.84. The van der Waals surface area contributed by atoms with E-state index in [0.717, 1.165) is 18.6 Å². The molecule has 0 bridgehead atoms. The van der Waals surface area contributed by atoms with Gasteiger partial charge in [0.1, 0.15) is 5.75 Å². The summed E-state index contributed by atoms with van der Waals surface area (Å²) >= 11 is 0. The molecule has 0 spiro atoms. The van der Waals surface area contributed by atoms with Crippen molar-refractivity contribution in [3.8, 4) is 5.75 Å². The molecule has 1 aromatic carbocycles. The van der Waals surface area contributed by atoms with Gasteiger partial charge in [-0.1, -0.05) is 6.07 Å². The van der Waals surface area contributed by atoms with Gasteiger partial charge in [-0.3, -0.25) is 4.79 Å². The number of carbonyl (C=O) groups is 1. The molecule has 4 heteroatoms. The molecule has 1 amide bonds. The molecule has 1 aliphatic heterocycles. The molecule has 3 rings (SSSR count). The number of hydrogen-bond acceptors (Lipinski definition) is 3. The van der Waals surface area contributed by atoms with Gasteiger partial charge in [-0.05, 0) is 55.9 Å². The summed E-state index contributed by atoms with van der Waals surface area (Å²) in [5.41, 5.74) is 2.81. The van der Waals surface area contributed by atoms with Gasteiger partial charge >= 0.3 is 0 Å². The van der Waals surface area contributed by atoms with Crippen LogP contribution in [0.1, 0.15) is 30.9 Å². The highest BCUT2D eigenvalue weighted by Crippen LogP contribution is 2.26. The predicted molar refractivity (Wildman–Crippen MR) is 80.6 cm³/mol. The number of aryl methyl sites for hydroxylation is 2. The quantitative estimate of drug-likeness (QED) is 0.856. The van der Waals surface area contributed by atoms with Gasteiger partial charge in [-0.25, -0.2) is 0 Å². The maximum Gasteiger partial charge on any atom is 0.263 e. The summed E-state index contributed by atoms with van der Waals surface area (Å²) in [4.78, 5) is 14.2. The molecule has 21 heavy (non-hydrogen) atoms. The maximum absolute atomic E-state index is 12.3. The first-order valence-electron chi connectivity index (χ1n) is 7.89. The third kappa shape index (κ3) is 3.38. The number of nitrogens with zero attached hydrogens (tertiary/aromatic N) is 1. The Morgan fingerprint density at radius 2 is 1.90 bits per heavy atom. The maximum atomic E-state index is 12.3. The van der Waals surface area contributed by atoms with Crippen molar-refractivity contribution in [1.29, 1.82) is 0 Å². The van der Waals surface area contributed by atoms with E-state index in [1.54, 1.807) is 0 Å². The molecule has 1 aliphatic carbocycles. The van der Waals surface area contributed by atoms with Gasteiger partial charge in [-0.15, -0.1) is 0 Å². The Morgan fingerprint density at radius 1 is 1.19 bits per heavy atom.